The number of hydrogen-bond donors (Lipinski definition) is 1. The van der Waals surface area contributed by atoms with Crippen LogP contribution in [0.3, 0.4) is 0 Å². The van der Waals surface area contributed by atoms with Crippen LogP contribution >= 0.6 is 0 Å². The third-order valence-corrected chi connectivity index (χ3v) is 2.32. The van der Waals surface area contributed by atoms with E-state index in [9.17, 15) is 0 Å². The smallest absolute Gasteiger partial charge is 0.123 e. The van der Waals surface area contributed by atoms with Crippen LogP contribution in [0.4, 0.5) is 0 Å². The molecule has 1 rings (SSSR count). The lowest BCUT2D eigenvalue weighted by atomic mass is 10.0. The van der Waals surface area contributed by atoms with Gasteiger partial charge in [0.15, 0.2) is 0 Å². The molecule has 2 heteroatoms. The molecule has 0 aliphatic carbocycles. The predicted molar refractivity (Wildman–Crippen MR) is 64.5 cm³/mol. The maximum Gasteiger partial charge on any atom is 0.123 e. The second kappa shape index (κ2) is 5.76. The molecule has 0 aromatic heterocycles. The van der Waals surface area contributed by atoms with Crippen LogP contribution in [0.2, 0.25) is 0 Å². The zero-order valence-electron chi connectivity index (χ0n) is 10.1. The first-order valence-corrected chi connectivity index (χ1v) is 5.55. The summed E-state index contributed by atoms with van der Waals surface area (Å²) in [5, 5.41) is 3.19. The Morgan fingerprint density at radius 2 is 1.87 bits per heavy atom. The standard InChI is InChI=1S/C13H21NO/c1-10(2)15-13-8-6-5-7-12(13)11(3)9-14-4/h5-8,10-11,14H,9H2,1-4H3. The van der Waals surface area contributed by atoms with Gasteiger partial charge in [0, 0.05) is 6.54 Å². The molecule has 0 bridgehead atoms. The number of nitrogens with one attached hydrogen (secondary N) is 1. The van der Waals surface area contributed by atoms with Gasteiger partial charge >= 0.3 is 0 Å². The Morgan fingerprint density at radius 1 is 1.20 bits per heavy atom. The van der Waals surface area contributed by atoms with Crippen LogP contribution in [0.25, 0.3) is 0 Å². The van der Waals surface area contributed by atoms with Crippen LogP contribution in [0.15, 0.2) is 24.3 Å². The van der Waals surface area contributed by atoms with E-state index < -0.39 is 0 Å². The maximum atomic E-state index is 5.79. The lowest BCUT2D eigenvalue weighted by molar-refractivity contribution is 0.239. The number of likely N-dealkylation sites (N-methyl/N-ethyl adjacent to an activating group) is 1. The number of hydrogen-bond acceptors (Lipinski definition) is 2. The summed E-state index contributed by atoms with van der Waals surface area (Å²) in [6.45, 7) is 7.29. The highest BCUT2D eigenvalue weighted by atomic mass is 16.5. The van der Waals surface area contributed by atoms with E-state index in [1.165, 1.54) is 5.56 Å². The molecule has 0 aliphatic heterocycles. The normalized spacial score (nSPS) is 12.9. The molecule has 15 heavy (non-hydrogen) atoms. The maximum absolute atomic E-state index is 5.79. The van der Waals surface area contributed by atoms with Gasteiger partial charge in [-0.15, -0.1) is 0 Å². The van der Waals surface area contributed by atoms with Crippen molar-refractivity contribution in [3.63, 3.8) is 0 Å². The third-order valence-electron chi connectivity index (χ3n) is 2.32. The van der Waals surface area contributed by atoms with E-state index in [4.69, 9.17) is 4.74 Å². The van der Waals surface area contributed by atoms with Gasteiger partial charge in [-0.25, -0.2) is 0 Å². The van der Waals surface area contributed by atoms with E-state index in [2.05, 4.69) is 38.2 Å². The van der Waals surface area contributed by atoms with E-state index in [1.54, 1.807) is 0 Å². The summed E-state index contributed by atoms with van der Waals surface area (Å²) in [6, 6.07) is 8.27. The van der Waals surface area contributed by atoms with E-state index in [0.29, 0.717) is 5.92 Å². The second-order valence-electron chi connectivity index (χ2n) is 4.16. The minimum absolute atomic E-state index is 0.230. The predicted octanol–water partition coefficient (Wildman–Crippen LogP) is 2.80. The first-order chi connectivity index (χ1) is 7.15. The third kappa shape index (κ3) is 3.56. The van der Waals surface area contributed by atoms with Gasteiger partial charge in [0.05, 0.1) is 6.10 Å². The van der Waals surface area contributed by atoms with Crippen molar-refractivity contribution in [2.24, 2.45) is 0 Å². The van der Waals surface area contributed by atoms with Gasteiger partial charge in [-0.2, -0.15) is 0 Å². The van der Waals surface area contributed by atoms with E-state index >= 15 is 0 Å². The van der Waals surface area contributed by atoms with Crippen LogP contribution in [0, 0.1) is 0 Å². The summed E-state index contributed by atoms with van der Waals surface area (Å²) in [6.07, 6.45) is 0.230. The Balaban J connectivity index is 2.85. The Hall–Kier alpha value is -1.02. The molecule has 1 unspecified atom stereocenters. The molecular formula is C13H21NO. The highest BCUT2D eigenvalue weighted by Crippen LogP contribution is 2.26. The molecule has 0 saturated heterocycles. The summed E-state index contributed by atoms with van der Waals surface area (Å²) >= 11 is 0. The van der Waals surface area contributed by atoms with Crippen molar-refractivity contribution in [2.75, 3.05) is 13.6 Å². The van der Waals surface area contributed by atoms with E-state index in [-0.39, 0.29) is 6.10 Å². The lowest BCUT2D eigenvalue weighted by Crippen LogP contribution is -2.16. The highest BCUT2D eigenvalue weighted by molar-refractivity contribution is 5.36. The largest absolute Gasteiger partial charge is 0.491 e. The van der Waals surface area contributed by atoms with Gasteiger partial charge in [-0.1, -0.05) is 25.1 Å². The number of ether oxygens (including phenoxy) is 1. The molecule has 0 saturated carbocycles. The average Bonchev–Trinajstić information content (AvgIpc) is 2.18. The number of benzene rings is 1. The van der Waals surface area contributed by atoms with Crippen LogP contribution in [-0.2, 0) is 0 Å². The van der Waals surface area contributed by atoms with Crippen LogP contribution in [0.5, 0.6) is 5.75 Å². The van der Waals surface area contributed by atoms with Crippen molar-refractivity contribution in [3.05, 3.63) is 29.8 Å². The van der Waals surface area contributed by atoms with Crippen molar-refractivity contribution < 1.29 is 4.74 Å². The lowest BCUT2D eigenvalue weighted by Gasteiger charge is -2.18. The molecule has 1 N–H and O–H groups in total. The molecule has 2 nitrogen and oxygen atoms in total. The van der Waals surface area contributed by atoms with Crippen LogP contribution < -0.4 is 10.1 Å². The zero-order valence-corrected chi connectivity index (χ0v) is 10.1. The first-order valence-electron chi connectivity index (χ1n) is 5.55. The van der Waals surface area contributed by atoms with Gasteiger partial charge in [0.1, 0.15) is 5.75 Å². The Bertz CT molecular complexity index is 296. The Kier molecular flexibility index (Phi) is 4.63. The second-order valence-corrected chi connectivity index (χ2v) is 4.16. The molecule has 1 atom stereocenters. The van der Waals surface area contributed by atoms with Crippen molar-refractivity contribution in [1.82, 2.24) is 5.32 Å². The molecule has 0 amide bonds. The first kappa shape index (κ1) is 12.1. The summed E-state index contributed by atoms with van der Waals surface area (Å²) in [5.41, 5.74) is 1.28. The minimum atomic E-state index is 0.230. The number of para-hydroxylation sites is 1. The van der Waals surface area contributed by atoms with Crippen molar-refractivity contribution >= 4 is 0 Å². The monoisotopic (exact) mass is 207 g/mol. The van der Waals surface area contributed by atoms with Gasteiger partial charge in [0.25, 0.3) is 0 Å². The van der Waals surface area contributed by atoms with Crippen molar-refractivity contribution in [1.29, 1.82) is 0 Å². The summed E-state index contributed by atoms with van der Waals surface area (Å²) in [5.74, 6) is 1.49. The van der Waals surface area contributed by atoms with Crippen LogP contribution in [0.1, 0.15) is 32.3 Å². The molecule has 0 heterocycles. The zero-order chi connectivity index (χ0) is 11.3. The van der Waals surface area contributed by atoms with Gasteiger partial charge < -0.3 is 10.1 Å². The van der Waals surface area contributed by atoms with E-state index in [0.717, 1.165) is 12.3 Å². The minimum Gasteiger partial charge on any atom is -0.491 e. The molecule has 1 aromatic rings. The van der Waals surface area contributed by atoms with Crippen molar-refractivity contribution in [2.45, 2.75) is 32.8 Å². The molecule has 0 radical (unpaired) electrons. The topological polar surface area (TPSA) is 21.3 Å². The van der Waals surface area contributed by atoms with Gasteiger partial charge in [-0.3, -0.25) is 0 Å². The molecule has 0 aliphatic rings. The van der Waals surface area contributed by atoms with Crippen molar-refractivity contribution in [3.8, 4) is 5.75 Å². The SMILES string of the molecule is CNCC(C)c1ccccc1OC(C)C. The average molecular weight is 207 g/mol. The fourth-order valence-electron chi connectivity index (χ4n) is 1.67. The quantitative estimate of drug-likeness (QED) is 0.801. The fourth-order valence-corrected chi connectivity index (χ4v) is 1.67. The van der Waals surface area contributed by atoms with Crippen LogP contribution in [-0.4, -0.2) is 19.7 Å². The fraction of sp³-hybridized carbons (Fsp3) is 0.538. The van der Waals surface area contributed by atoms with Gasteiger partial charge in [-0.05, 0) is 38.4 Å². The Morgan fingerprint density at radius 3 is 2.47 bits per heavy atom. The molecule has 1 aromatic carbocycles. The molecule has 84 valence electrons. The summed E-state index contributed by atoms with van der Waals surface area (Å²) < 4.78 is 5.79. The molecule has 0 fully saturated rings. The van der Waals surface area contributed by atoms with E-state index in [1.807, 2.05) is 19.2 Å². The number of rotatable bonds is 5. The summed E-state index contributed by atoms with van der Waals surface area (Å²) in [4.78, 5) is 0. The van der Waals surface area contributed by atoms with Gasteiger partial charge in [0.2, 0.25) is 0 Å². The molecular weight excluding hydrogens is 186 g/mol. The molecule has 0 spiro atoms. The Labute approximate surface area is 92.6 Å². The highest BCUT2D eigenvalue weighted by Gasteiger charge is 2.11. The summed E-state index contributed by atoms with van der Waals surface area (Å²) in [7, 11) is 1.97.